The number of carbonyl (C=O) groups excluding carboxylic acids is 1. The minimum atomic E-state index is -0.163. The SMILES string of the molecule is CNC(=O)c1cc2ccc(Nc3nccc(-c4cc(OCCCOC)ccn4)n3)cc2[nH]1. The number of carbonyl (C=O) groups is 1. The Labute approximate surface area is 185 Å². The zero-order chi connectivity index (χ0) is 22.3. The van der Waals surface area contributed by atoms with Crippen LogP contribution >= 0.6 is 0 Å². The van der Waals surface area contributed by atoms with Crippen molar-refractivity contribution in [3.63, 3.8) is 0 Å². The van der Waals surface area contributed by atoms with Gasteiger partial charge in [0.1, 0.15) is 11.4 Å². The number of hydrogen-bond acceptors (Lipinski definition) is 7. The van der Waals surface area contributed by atoms with Gasteiger partial charge in [-0.25, -0.2) is 9.97 Å². The van der Waals surface area contributed by atoms with Crippen LogP contribution in [0, 0.1) is 0 Å². The van der Waals surface area contributed by atoms with Crippen molar-refractivity contribution in [2.24, 2.45) is 0 Å². The van der Waals surface area contributed by atoms with E-state index in [0.29, 0.717) is 36.2 Å². The Balaban J connectivity index is 1.50. The van der Waals surface area contributed by atoms with Gasteiger partial charge in [0.15, 0.2) is 0 Å². The van der Waals surface area contributed by atoms with Gasteiger partial charge in [-0.15, -0.1) is 0 Å². The molecule has 0 atom stereocenters. The van der Waals surface area contributed by atoms with Crippen LogP contribution in [-0.2, 0) is 4.74 Å². The topological polar surface area (TPSA) is 114 Å². The second-order valence-electron chi connectivity index (χ2n) is 7.03. The number of rotatable bonds is 9. The van der Waals surface area contributed by atoms with Crippen LogP contribution in [0.3, 0.4) is 0 Å². The molecule has 9 nitrogen and oxygen atoms in total. The van der Waals surface area contributed by atoms with Crippen molar-refractivity contribution >= 4 is 28.4 Å². The molecule has 3 heterocycles. The zero-order valence-corrected chi connectivity index (χ0v) is 17.9. The second-order valence-corrected chi connectivity index (χ2v) is 7.03. The molecule has 3 N–H and O–H groups in total. The number of fused-ring (bicyclic) bond motifs is 1. The van der Waals surface area contributed by atoms with Gasteiger partial charge < -0.3 is 25.1 Å². The number of nitrogens with one attached hydrogen (secondary N) is 3. The van der Waals surface area contributed by atoms with Crippen LogP contribution in [0.2, 0.25) is 0 Å². The molecule has 0 saturated carbocycles. The minimum Gasteiger partial charge on any atom is -0.493 e. The molecule has 1 amide bonds. The van der Waals surface area contributed by atoms with Gasteiger partial charge in [-0.1, -0.05) is 6.07 Å². The van der Waals surface area contributed by atoms with Crippen LogP contribution < -0.4 is 15.4 Å². The van der Waals surface area contributed by atoms with Crippen LogP contribution in [0.25, 0.3) is 22.3 Å². The van der Waals surface area contributed by atoms with Crippen LogP contribution in [0.5, 0.6) is 5.75 Å². The number of anilines is 2. The molecule has 32 heavy (non-hydrogen) atoms. The maximum absolute atomic E-state index is 11.8. The normalized spacial score (nSPS) is 10.8. The lowest BCUT2D eigenvalue weighted by Crippen LogP contribution is -2.17. The van der Waals surface area contributed by atoms with E-state index < -0.39 is 0 Å². The molecule has 0 aliphatic rings. The molecule has 4 rings (SSSR count). The number of aromatic nitrogens is 4. The maximum Gasteiger partial charge on any atom is 0.267 e. The molecule has 9 heteroatoms. The van der Waals surface area contributed by atoms with Crippen molar-refractivity contribution in [2.75, 3.05) is 32.7 Å². The summed E-state index contributed by atoms with van der Waals surface area (Å²) in [5.74, 6) is 1.00. The highest BCUT2D eigenvalue weighted by molar-refractivity contribution is 5.98. The van der Waals surface area contributed by atoms with Crippen molar-refractivity contribution in [1.29, 1.82) is 0 Å². The second kappa shape index (κ2) is 9.88. The smallest absolute Gasteiger partial charge is 0.267 e. The van der Waals surface area contributed by atoms with Crippen molar-refractivity contribution in [3.05, 3.63) is 60.6 Å². The Hall–Kier alpha value is -3.98. The van der Waals surface area contributed by atoms with E-state index in [9.17, 15) is 4.79 Å². The molecule has 4 aromatic rings. The third-order valence-corrected chi connectivity index (χ3v) is 4.76. The van der Waals surface area contributed by atoms with Gasteiger partial charge in [0.25, 0.3) is 5.91 Å². The number of nitrogens with zero attached hydrogens (tertiary/aromatic N) is 3. The van der Waals surface area contributed by atoms with Gasteiger partial charge in [0.2, 0.25) is 5.95 Å². The maximum atomic E-state index is 11.8. The molecule has 0 spiro atoms. The van der Waals surface area contributed by atoms with Gasteiger partial charge in [-0.3, -0.25) is 9.78 Å². The van der Waals surface area contributed by atoms with Crippen LogP contribution in [0.1, 0.15) is 16.9 Å². The van der Waals surface area contributed by atoms with Gasteiger partial charge in [-0.05, 0) is 30.3 Å². The number of pyridine rings is 1. The average Bonchev–Trinajstić information content (AvgIpc) is 3.25. The molecule has 164 valence electrons. The Morgan fingerprint density at radius 3 is 2.75 bits per heavy atom. The summed E-state index contributed by atoms with van der Waals surface area (Å²) in [6, 6.07) is 13.0. The third kappa shape index (κ3) is 5.01. The predicted octanol–water partition coefficient (Wildman–Crippen LogP) is 3.54. The monoisotopic (exact) mass is 432 g/mol. The Bertz CT molecular complexity index is 1220. The summed E-state index contributed by atoms with van der Waals surface area (Å²) >= 11 is 0. The van der Waals surface area contributed by atoms with E-state index in [0.717, 1.165) is 28.8 Å². The molecule has 1 aromatic carbocycles. The summed E-state index contributed by atoms with van der Waals surface area (Å²) in [6.45, 7) is 1.22. The quantitative estimate of drug-likeness (QED) is 0.347. The van der Waals surface area contributed by atoms with E-state index in [-0.39, 0.29) is 5.91 Å². The van der Waals surface area contributed by atoms with Gasteiger partial charge in [-0.2, -0.15) is 0 Å². The molecule has 0 bridgehead atoms. The highest BCUT2D eigenvalue weighted by Gasteiger charge is 2.09. The molecule has 0 aliphatic heterocycles. The fourth-order valence-corrected chi connectivity index (χ4v) is 3.19. The van der Waals surface area contributed by atoms with Crippen molar-refractivity contribution < 1.29 is 14.3 Å². The number of methoxy groups -OCH3 is 1. The van der Waals surface area contributed by atoms with Gasteiger partial charge >= 0.3 is 0 Å². The highest BCUT2D eigenvalue weighted by Crippen LogP contribution is 2.24. The summed E-state index contributed by atoms with van der Waals surface area (Å²) in [6.07, 6.45) is 4.18. The molecular weight excluding hydrogens is 408 g/mol. The molecule has 0 saturated heterocycles. The number of hydrogen-bond donors (Lipinski definition) is 3. The summed E-state index contributed by atoms with van der Waals surface area (Å²) in [7, 11) is 3.27. The molecule has 3 aromatic heterocycles. The van der Waals surface area contributed by atoms with Crippen LogP contribution in [0.15, 0.2) is 54.9 Å². The molecule has 0 unspecified atom stereocenters. The number of aromatic amines is 1. The first kappa shape index (κ1) is 21.3. The lowest BCUT2D eigenvalue weighted by atomic mass is 10.2. The molecular formula is C23H24N6O3. The number of benzene rings is 1. The zero-order valence-electron chi connectivity index (χ0n) is 17.9. The summed E-state index contributed by atoms with van der Waals surface area (Å²) < 4.78 is 10.8. The fraction of sp³-hybridized carbons (Fsp3) is 0.217. The number of H-pyrrole nitrogens is 1. The van der Waals surface area contributed by atoms with E-state index in [1.165, 1.54) is 0 Å². The Kier molecular flexibility index (Phi) is 6.57. The van der Waals surface area contributed by atoms with Crippen LogP contribution in [-0.4, -0.2) is 53.2 Å². The first-order valence-electron chi connectivity index (χ1n) is 10.2. The molecule has 0 radical (unpaired) electrons. The summed E-state index contributed by atoms with van der Waals surface area (Å²) in [5.41, 5.74) is 3.50. The van der Waals surface area contributed by atoms with E-state index in [4.69, 9.17) is 9.47 Å². The number of amides is 1. The summed E-state index contributed by atoms with van der Waals surface area (Å²) in [4.78, 5) is 28.3. The van der Waals surface area contributed by atoms with Gasteiger partial charge in [0, 0.05) is 62.2 Å². The van der Waals surface area contributed by atoms with E-state index >= 15 is 0 Å². The molecule has 0 aliphatic carbocycles. The molecule has 0 fully saturated rings. The minimum absolute atomic E-state index is 0.163. The Morgan fingerprint density at radius 2 is 1.91 bits per heavy atom. The average molecular weight is 432 g/mol. The van der Waals surface area contributed by atoms with E-state index in [1.807, 2.05) is 36.4 Å². The third-order valence-electron chi connectivity index (χ3n) is 4.76. The lowest BCUT2D eigenvalue weighted by Gasteiger charge is -2.09. The highest BCUT2D eigenvalue weighted by atomic mass is 16.5. The van der Waals surface area contributed by atoms with Crippen molar-refractivity contribution in [1.82, 2.24) is 25.3 Å². The van der Waals surface area contributed by atoms with E-state index in [1.54, 1.807) is 32.6 Å². The first-order chi connectivity index (χ1) is 15.7. The first-order valence-corrected chi connectivity index (χ1v) is 10.2. The number of ether oxygens (including phenoxy) is 2. The Morgan fingerprint density at radius 1 is 1.03 bits per heavy atom. The van der Waals surface area contributed by atoms with Gasteiger partial charge in [0.05, 0.1) is 18.0 Å². The standard InChI is InChI=1S/C23H24N6O3/c1-24-22(30)21-12-15-4-5-16(13-19(15)28-21)27-23-26-9-7-18(29-23)20-14-17(6-8-25-20)32-11-3-10-31-2/h4-9,12-14,28H,3,10-11H2,1-2H3,(H,24,30)(H,26,27,29). The fourth-order valence-electron chi connectivity index (χ4n) is 3.19. The van der Waals surface area contributed by atoms with Crippen LogP contribution in [0.4, 0.5) is 11.6 Å². The summed E-state index contributed by atoms with van der Waals surface area (Å²) in [5, 5.41) is 6.76. The predicted molar refractivity (Wildman–Crippen MR) is 122 cm³/mol. The largest absolute Gasteiger partial charge is 0.493 e. The van der Waals surface area contributed by atoms with E-state index in [2.05, 4.69) is 30.6 Å². The van der Waals surface area contributed by atoms with Crippen molar-refractivity contribution in [3.8, 4) is 17.1 Å². The lowest BCUT2D eigenvalue weighted by molar-refractivity contribution is 0.0959. The van der Waals surface area contributed by atoms with Crippen molar-refractivity contribution in [2.45, 2.75) is 6.42 Å².